The Morgan fingerprint density at radius 2 is 0.961 bits per heavy atom. The van der Waals surface area contributed by atoms with Crippen LogP contribution in [0.25, 0.3) is 27.8 Å². The molecule has 0 amide bonds. The van der Waals surface area contributed by atoms with Crippen LogP contribution >= 0.6 is 0 Å². The molecule has 1 atom stereocenters. The molecule has 2 aliphatic carbocycles. The van der Waals surface area contributed by atoms with Gasteiger partial charge in [-0.1, -0.05) is 54.1 Å². The van der Waals surface area contributed by atoms with Crippen molar-refractivity contribution in [1.29, 1.82) is 0 Å². The molecular formula is C45H42O6. The minimum atomic E-state index is -0.0239. The fourth-order valence-corrected chi connectivity index (χ4v) is 7.21. The van der Waals surface area contributed by atoms with Crippen molar-refractivity contribution in [3.8, 4) is 51.0 Å². The molecule has 6 nitrogen and oxygen atoms in total. The van der Waals surface area contributed by atoms with E-state index in [9.17, 15) is 0 Å². The van der Waals surface area contributed by atoms with Crippen LogP contribution < -0.4 is 23.7 Å². The van der Waals surface area contributed by atoms with Crippen molar-refractivity contribution in [2.24, 2.45) is 0 Å². The highest BCUT2D eigenvalue weighted by molar-refractivity contribution is 5.81. The molecule has 0 heterocycles. The van der Waals surface area contributed by atoms with Crippen LogP contribution in [-0.4, -0.2) is 42.7 Å². The zero-order chi connectivity index (χ0) is 35.5. The molecule has 0 fully saturated rings. The van der Waals surface area contributed by atoms with Gasteiger partial charge in [0.2, 0.25) is 0 Å². The number of ether oxygens (including phenoxy) is 6. The van der Waals surface area contributed by atoms with E-state index < -0.39 is 0 Å². The molecular weight excluding hydrogens is 636 g/mol. The first-order chi connectivity index (χ1) is 25.0. The molecule has 0 aromatic heterocycles. The Hall–Kier alpha value is -5.88. The average molecular weight is 679 g/mol. The lowest BCUT2D eigenvalue weighted by Gasteiger charge is -2.28. The third kappa shape index (κ3) is 6.57. The van der Waals surface area contributed by atoms with E-state index in [1.54, 1.807) is 42.7 Å². The summed E-state index contributed by atoms with van der Waals surface area (Å²) in [5.74, 6) is 4.86. The van der Waals surface area contributed by atoms with E-state index >= 15 is 0 Å². The standard InChI is InChI=1S/C45H42O6/c1-46-35-13-7-28(8-14-35)40-24-33-22-32-25-44(50-5)41(29-9-15-36(47-2)16-10-29)23-31(32)21-34-26-45(51-6)42(30-11-17-37(48-3)18-12-30)27-39(34)38(33)19-20-43(40)49-4/h7-20,23-27,38H,21-22H2,1-6H3. The maximum Gasteiger partial charge on any atom is 0.126 e. The Morgan fingerprint density at radius 3 is 1.47 bits per heavy atom. The van der Waals surface area contributed by atoms with Crippen LogP contribution in [-0.2, 0) is 17.6 Å². The molecule has 0 aliphatic heterocycles. The topological polar surface area (TPSA) is 55.4 Å². The summed E-state index contributed by atoms with van der Waals surface area (Å²) in [6.45, 7) is 0. The monoisotopic (exact) mass is 678 g/mol. The Bertz CT molecular complexity index is 2140. The number of methoxy groups -OCH3 is 6. The number of hydrogen-bond donors (Lipinski definition) is 0. The van der Waals surface area contributed by atoms with Crippen molar-refractivity contribution < 1.29 is 28.4 Å². The fraction of sp³-hybridized carbons (Fsp3) is 0.200. The van der Waals surface area contributed by atoms with Crippen molar-refractivity contribution >= 4 is 5.57 Å². The van der Waals surface area contributed by atoms with E-state index in [1.807, 2.05) is 36.4 Å². The van der Waals surface area contributed by atoms with E-state index in [1.165, 1.54) is 27.8 Å². The maximum atomic E-state index is 6.09. The first kappa shape index (κ1) is 33.6. The molecule has 7 rings (SSSR count). The van der Waals surface area contributed by atoms with E-state index in [0.717, 1.165) is 80.7 Å². The van der Waals surface area contributed by atoms with Crippen LogP contribution in [0.15, 0.2) is 127 Å². The molecule has 0 saturated heterocycles. The highest BCUT2D eigenvalue weighted by Crippen LogP contribution is 2.46. The van der Waals surface area contributed by atoms with Gasteiger partial charge in [0.05, 0.1) is 42.7 Å². The molecule has 1 unspecified atom stereocenters. The van der Waals surface area contributed by atoms with Gasteiger partial charge in [-0.05, 0) is 119 Å². The summed E-state index contributed by atoms with van der Waals surface area (Å²) in [6.07, 6.45) is 8.16. The van der Waals surface area contributed by atoms with Gasteiger partial charge in [-0.3, -0.25) is 0 Å². The SMILES string of the molecule is COC1=C(c2ccc(OC)cc2)C=C2Cc3cc(OC)c(-c4ccc(OC)cc4)cc3Cc3cc(OC)c(-c4ccc(OC)cc4)cc3C2C=C1. The maximum absolute atomic E-state index is 6.09. The minimum Gasteiger partial charge on any atom is -0.497 e. The average Bonchev–Trinajstić information content (AvgIpc) is 3.36. The summed E-state index contributed by atoms with van der Waals surface area (Å²) in [7, 11) is 10.3. The summed E-state index contributed by atoms with van der Waals surface area (Å²) in [4.78, 5) is 0. The lowest BCUT2D eigenvalue weighted by molar-refractivity contribution is 0.309. The van der Waals surface area contributed by atoms with Crippen molar-refractivity contribution in [2.75, 3.05) is 42.7 Å². The van der Waals surface area contributed by atoms with Crippen LogP contribution in [0.3, 0.4) is 0 Å². The fourth-order valence-electron chi connectivity index (χ4n) is 7.21. The smallest absolute Gasteiger partial charge is 0.126 e. The van der Waals surface area contributed by atoms with Crippen LogP contribution in [0, 0.1) is 0 Å². The first-order valence-corrected chi connectivity index (χ1v) is 17.0. The van der Waals surface area contributed by atoms with Gasteiger partial charge in [0, 0.05) is 22.6 Å². The van der Waals surface area contributed by atoms with E-state index in [0.29, 0.717) is 0 Å². The summed E-state index contributed by atoms with van der Waals surface area (Å²) < 4.78 is 34.6. The molecule has 6 heteroatoms. The molecule has 0 radical (unpaired) electrons. The predicted octanol–water partition coefficient (Wildman–Crippen LogP) is 9.85. The van der Waals surface area contributed by atoms with Gasteiger partial charge in [-0.2, -0.15) is 0 Å². The molecule has 2 aliphatic rings. The summed E-state index contributed by atoms with van der Waals surface area (Å²) >= 11 is 0. The lowest BCUT2D eigenvalue weighted by atomic mass is 9.77. The Morgan fingerprint density at radius 1 is 0.471 bits per heavy atom. The number of benzene rings is 5. The Kier molecular flexibility index (Phi) is 9.58. The minimum absolute atomic E-state index is 0.0239. The van der Waals surface area contributed by atoms with Crippen molar-refractivity contribution in [3.05, 3.63) is 154 Å². The quantitative estimate of drug-likeness (QED) is 0.155. The zero-order valence-electron chi connectivity index (χ0n) is 29.9. The molecule has 0 bridgehead atoms. The summed E-state index contributed by atoms with van der Waals surface area (Å²) in [5, 5.41) is 0. The van der Waals surface area contributed by atoms with Crippen molar-refractivity contribution in [1.82, 2.24) is 0 Å². The number of hydrogen-bond acceptors (Lipinski definition) is 6. The lowest BCUT2D eigenvalue weighted by Crippen LogP contribution is -2.13. The molecule has 0 spiro atoms. The number of allylic oxidation sites excluding steroid dienone is 5. The van der Waals surface area contributed by atoms with Gasteiger partial charge in [0.1, 0.15) is 34.5 Å². The summed E-state index contributed by atoms with van der Waals surface area (Å²) in [6, 6.07) is 33.4. The van der Waals surface area contributed by atoms with Gasteiger partial charge >= 0.3 is 0 Å². The third-order valence-electron chi connectivity index (χ3n) is 9.95. The first-order valence-electron chi connectivity index (χ1n) is 17.0. The third-order valence-corrected chi connectivity index (χ3v) is 9.95. The zero-order valence-corrected chi connectivity index (χ0v) is 29.9. The molecule has 258 valence electrons. The molecule has 0 N–H and O–H groups in total. The van der Waals surface area contributed by atoms with Gasteiger partial charge in [0.15, 0.2) is 0 Å². The van der Waals surface area contributed by atoms with E-state index in [2.05, 4.69) is 78.9 Å². The van der Waals surface area contributed by atoms with E-state index in [4.69, 9.17) is 28.4 Å². The highest BCUT2D eigenvalue weighted by atomic mass is 16.5. The Balaban J connectivity index is 1.45. The molecule has 0 saturated carbocycles. The van der Waals surface area contributed by atoms with Gasteiger partial charge < -0.3 is 28.4 Å². The van der Waals surface area contributed by atoms with Crippen molar-refractivity contribution in [3.63, 3.8) is 0 Å². The second kappa shape index (κ2) is 14.5. The normalized spacial score (nSPS) is 14.9. The largest absolute Gasteiger partial charge is 0.497 e. The van der Waals surface area contributed by atoms with Crippen LogP contribution in [0.2, 0.25) is 0 Å². The second-order valence-corrected chi connectivity index (χ2v) is 12.6. The van der Waals surface area contributed by atoms with Crippen molar-refractivity contribution in [2.45, 2.75) is 18.8 Å². The molecule has 5 aromatic rings. The Labute approximate surface area is 300 Å². The molecule has 5 aromatic carbocycles. The van der Waals surface area contributed by atoms with Gasteiger partial charge in [-0.15, -0.1) is 0 Å². The number of rotatable bonds is 9. The predicted molar refractivity (Wildman–Crippen MR) is 203 cm³/mol. The summed E-state index contributed by atoms with van der Waals surface area (Å²) in [5.41, 5.74) is 12.4. The number of fused-ring (bicyclic) bond motifs is 4. The molecule has 51 heavy (non-hydrogen) atoms. The second-order valence-electron chi connectivity index (χ2n) is 12.6. The van der Waals surface area contributed by atoms with Gasteiger partial charge in [0.25, 0.3) is 0 Å². The van der Waals surface area contributed by atoms with Crippen LogP contribution in [0.1, 0.15) is 33.7 Å². The highest BCUT2D eigenvalue weighted by Gasteiger charge is 2.28. The van der Waals surface area contributed by atoms with Crippen LogP contribution in [0.4, 0.5) is 0 Å². The van der Waals surface area contributed by atoms with Crippen LogP contribution in [0.5, 0.6) is 28.7 Å². The van der Waals surface area contributed by atoms with Gasteiger partial charge in [-0.25, -0.2) is 0 Å². The van der Waals surface area contributed by atoms with E-state index in [-0.39, 0.29) is 5.92 Å².